The Labute approximate surface area is 119 Å². The van der Waals surface area contributed by atoms with Crippen molar-refractivity contribution in [2.45, 2.75) is 31.9 Å². The Morgan fingerprint density at radius 2 is 2.15 bits per heavy atom. The largest absolute Gasteiger partial charge is 0.486 e. The number of nitrogens with zero attached hydrogens (tertiary/aromatic N) is 1. The lowest BCUT2D eigenvalue weighted by Crippen LogP contribution is -2.47. The zero-order valence-electron chi connectivity index (χ0n) is 12.0. The number of carbonyl (C=O) groups excluding carboxylic acids is 1. The number of carbonyl (C=O) groups is 1. The van der Waals surface area contributed by atoms with Crippen LogP contribution in [0.2, 0.25) is 0 Å². The van der Waals surface area contributed by atoms with Crippen LogP contribution in [0, 0.1) is 0 Å². The van der Waals surface area contributed by atoms with E-state index in [-0.39, 0.29) is 12.0 Å². The number of rotatable bonds is 5. The van der Waals surface area contributed by atoms with Crippen LogP contribution in [0.15, 0.2) is 24.3 Å². The molecule has 1 unspecified atom stereocenters. The number of likely N-dealkylation sites (N-methyl/N-ethyl adjacent to an activating group) is 1. The predicted molar refractivity (Wildman–Crippen MR) is 76.9 cm³/mol. The highest BCUT2D eigenvalue weighted by molar-refractivity contribution is 5.81. The van der Waals surface area contributed by atoms with E-state index in [4.69, 9.17) is 15.2 Å². The van der Waals surface area contributed by atoms with Gasteiger partial charge in [-0.15, -0.1) is 0 Å². The second kappa shape index (κ2) is 6.61. The maximum atomic E-state index is 12.1. The van der Waals surface area contributed by atoms with Gasteiger partial charge in [-0.2, -0.15) is 0 Å². The van der Waals surface area contributed by atoms with Crippen LogP contribution in [-0.4, -0.2) is 43.2 Å². The average molecular weight is 278 g/mol. The minimum Gasteiger partial charge on any atom is -0.486 e. The monoisotopic (exact) mass is 278 g/mol. The summed E-state index contributed by atoms with van der Waals surface area (Å²) in [6.07, 6.45) is 1.44. The summed E-state index contributed by atoms with van der Waals surface area (Å²) in [7, 11) is 1.75. The van der Waals surface area contributed by atoms with Crippen LogP contribution in [-0.2, 0) is 4.79 Å². The van der Waals surface area contributed by atoms with Gasteiger partial charge in [0.05, 0.1) is 12.6 Å². The van der Waals surface area contributed by atoms with E-state index >= 15 is 0 Å². The number of benzene rings is 1. The van der Waals surface area contributed by atoms with Crippen molar-refractivity contribution in [3.05, 3.63) is 24.3 Å². The number of hydrogen-bond acceptors (Lipinski definition) is 4. The number of para-hydroxylation sites is 2. The smallest absolute Gasteiger partial charge is 0.239 e. The molecule has 0 aromatic heterocycles. The normalized spacial score (nSPS) is 18.4. The fourth-order valence-corrected chi connectivity index (χ4v) is 2.27. The Bertz CT molecular complexity index is 464. The molecule has 5 nitrogen and oxygen atoms in total. The van der Waals surface area contributed by atoms with Crippen molar-refractivity contribution in [3.63, 3.8) is 0 Å². The second-order valence-electron chi connectivity index (χ2n) is 5.11. The Hall–Kier alpha value is -1.75. The van der Waals surface area contributed by atoms with E-state index in [1.165, 1.54) is 0 Å². The van der Waals surface area contributed by atoms with Crippen molar-refractivity contribution >= 4 is 5.91 Å². The summed E-state index contributed by atoms with van der Waals surface area (Å²) in [5.41, 5.74) is 5.85. The molecular weight excluding hydrogens is 256 g/mol. The molecule has 0 bridgehead atoms. The molecule has 0 radical (unpaired) electrons. The minimum atomic E-state index is -0.429. The summed E-state index contributed by atoms with van der Waals surface area (Å²) < 4.78 is 11.5. The summed E-state index contributed by atoms with van der Waals surface area (Å²) in [4.78, 5) is 13.7. The molecule has 110 valence electrons. The molecular formula is C15H22N2O3. The first kappa shape index (κ1) is 14.7. The number of nitrogens with two attached hydrogens (primary N) is 1. The molecule has 0 spiro atoms. The maximum Gasteiger partial charge on any atom is 0.239 e. The van der Waals surface area contributed by atoms with Gasteiger partial charge in [0.2, 0.25) is 5.91 Å². The van der Waals surface area contributed by atoms with Crippen LogP contribution in [0.4, 0.5) is 0 Å². The number of amides is 1. The summed E-state index contributed by atoms with van der Waals surface area (Å²) >= 11 is 0. The van der Waals surface area contributed by atoms with Gasteiger partial charge in [0.15, 0.2) is 17.6 Å². The van der Waals surface area contributed by atoms with Crippen molar-refractivity contribution in [1.82, 2.24) is 4.90 Å². The highest BCUT2D eigenvalue weighted by Crippen LogP contribution is 2.30. The minimum absolute atomic E-state index is 0.0469. The molecule has 1 aliphatic rings. The van der Waals surface area contributed by atoms with Crippen LogP contribution >= 0.6 is 0 Å². The Morgan fingerprint density at radius 1 is 1.45 bits per heavy atom. The summed E-state index contributed by atoms with van der Waals surface area (Å²) in [6, 6.07) is 7.12. The van der Waals surface area contributed by atoms with Gasteiger partial charge >= 0.3 is 0 Å². The van der Waals surface area contributed by atoms with Crippen LogP contribution in [0.1, 0.15) is 19.8 Å². The van der Waals surface area contributed by atoms with E-state index in [1.807, 2.05) is 31.2 Å². The van der Waals surface area contributed by atoms with Gasteiger partial charge in [0.1, 0.15) is 6.61 Å². The zero-order chi connectivity index (χ0) is 14.5. The van der Waals surface area contributed by atoms with Crippen molar-refractivity contribution in [2.24, 2.45) is 5.73 Å². The van der Waals surface area contributed by atoms with Crippen molar-refractivity contribution < 1.29 is 14.3 Å². The third-order valence-electron chi connectivity index (χ3n) is 3.34. The zero-order valence-corrected chi connectivity index (χ0v) is 12.0. The van der Waals surface area contributed by atoms with E-state index in [9.17, 15) is 4.79 Å². The van der Waals surface area contributed by atoms with Crippen molar-refractivity contribution in [2.75, 3.05) is 20.2 Å². The van der Waals surface area contributed by atoms with Gasteiger partial charge in [-0.3, -0.25) is 4.79 Å². The fraction of sp³-hybridized carbons (Fsp3) is 0.533. The fourth-order valence-electron chi connectivity index (χ4n) is 2.27. The van der Waals surface area contributed by atoms with Crippen LogP contribution < -0.4 is 15.2 Å². The average Bonchev–Trinajstić information content (AvgIpc) is 2.46. The molecule has 0 saturated heterocycles. The topological polar surface area (TPSA) is 64.8 Å². The van der Waals surface area contributed by atoms with Gasteiger partial charge in [-0.05, 0) is 18.6 Å². The molecule has 0 saturated carbocycles. The molecule has 2 N–H and O–H groups in total. The van der Waals surface area contributed by atoms with Crippen LogP contribution in [0.5, 0.6) is 11.5 Å². The second-order valence-corrected chi connectivity index (χ2v) is 5.11. The van der Waals surface area contributed by atoms with E-state index in [1.54, 1.807) is 11.9 Å². The molecule has 1 aromatic rings. The molecule has 0 aliphatic carbocycles. The maximum absolute atomic E-state index is 12.1. The molecule has 20 heavy (non-hydrogen) atoms. The van der Waals surface area contributed by atoms with Crippen LogP contribution in [0.3, 0.4) is 0 Å². The SMILES string of the molecule is CCC[C@@H](N)C(=O)N(C)CC1COc2ccccc2O1. The van der Waals surface area contributed by atoms with Gasteiger partial charge < -0.3 is 20.1 Å². The first-order valence-corrected chi connectivity index (χ1v) is 7.01. The van der Waals surface area contributed by atoms with Gasteiger partial charge in [0, 0.05) is 7.05 Å². The Morgan fingerprint density at radius 3 is 2.85 bits per heavy atom. The number of hydrogen-bond donors (Lipinski definition) is 1. The molecule has 1 amide bonds. The molecule has 0 fully saturated rings. The van der Waals surface area contributed by atoms with Gasteiger partial charge in [-0.1, -0.05) is 25.5 Å². The third kappa shape index (κ3) is 3.42. The first-order valence-electron chi connectivity index (χ1n) is 7.01. The third-order valence-corrected chi connectivity index (χ3v) is 3.34. The highest BCUT2D eigenvalue weighted by Gasteiger charge is 2.25. The molecule has 1 heterocycles. The predicted octanol–water partition coefficient (Wildman–Crippen LogP) is 1.41. The molecule has 1 aromatic carbocycles. The van der Waals surface area contributed by atoms with E-state index in [2.05, 4.69) is 0 Å². The van der Waals surface area contributed by atoms with E-state index < -0.39 is 6.04 Å². The quantitative estimate of drug-likeness (QED) is 0.884. The standard InChI is InChI=1S/C15H22N2O3/c1-3-6-12(16)15(18)17(2)9-11-10-19-13-7-4-5-8-14(13)20-11/h4-5,7-8,11-12H,3,6,9-10,16H2,1-2H3/t11?,12-/m1/s1. The van der Waals surface area contributed by atoms with Crippen molar-refractivity contribution in [1.29, 1.82) is 0 Å². The Balaban J connectivity index is 1.90. The van der Waals surface area contributed by atoms with Gasteiger partial charge in [-0.25, -0.2) is 0 Å². The number of ether oxygens (including phenoxy) is 2. The van der Waals surface area contributed by atoms with Gasteiger partial charge in [0.25, 0.3) is 0 Å². The highest BCUT2D eigenvalue weighted by atomic mass is 16.6. The lowest BCUT2D eigenvalue weighted by Gasteiger charge is -2.30. The summed E-state index contributed by atoms with van der Waals surface area (Å²) in [6.45, 7) is 2.93. The number of fused-ring (bicyclic) bond motifs is 1. The molecule has 1 aliphatic heterocycles. The van der Waals surface area contributed by atoms with Crippen molar-refractivity contribution in [3.8, 4) is 11.5 Å². The first-order chi connectivity index (χ1) is 9.61. The van der Waals surface area contributed by atoms with Crippen LogP contribution in [0.25, 0.3) is 0 Å². The lowest BCUT2D eigenvalue weighted by molar-refractivity contribution is -0.132. The Kier molecular flexibility index (Phi) is 4.84. The molecule has 2 atom stereocenters. The summed E-state index contributed by atoms with van der Waals surface area (Å²) in [5.74, 6) is 1.43. The molecule has 2 rings (SSSR count). The van der Waals surface area contributed by atoms with E-state index in [0.29, 0.717) is 19.6 Å². The van der Waals surface area contributed by atoms with E-state index in [0.717, 1.165) is 17.9 Å². The summed E-state index contributed by atoms with van der Waals surface area (Å²) in [5, 5.41) is 0. The lowest BCUT2D eigenvalue weighted by atomic mass is 10.1. The molecule has 5 heteroatoms.